The molecule has 2 aromatic carbocycles. The third-order valence-corrected chi connectivity index (χ3v) is 6.23. The van der Waals surface area contributed by atoms with Crippen LogP contribution in [0.4, 0.5) is 0 Å². The lowest BCUT2D eigenvalue weighted by Crippen LogP contribution is -2.54. The minimum Gasteiger partial charge on any atom is -0.493 e. The lowest BCUT2D eigenvalue weighted by molar-refractivity contribution is -0.0191. The Bertz CT molecular complexity index is 1230. The van der Waals surface area contributed by atoms with Crippen LogP contribution < -0.4 is 14.8 Å². The van der Waals surface area contributed by atoms with Gasteiger partial charge >= 0.3 is 11.8 Å². The van der Waals surface area contributed by atoms with Crippen LogP contribution in [-0.4, -0.2) is 72.9 Å². The number of aromatic nitrogens is 2. The second-order valence-electron chi connectivity index (χ2n) is 8.88. The van der Waals surface area contributed by atoms with Gasteiger partial charge in [-0.05, 0) is 55.2 Å². The molecule has 10 nitrogen and oxygen atoms in total. The van der Waals surface area contributed by atoms with Crippen LogP contribution in [0.5, 0.6) is 11.5 Å². The Morgan fingerprint density at radius 2 is 1.83 bits per heavy atom. The van der Waals surface area contributed by atoms with E-state index in [9.17, 15) is 9.59 Å². The van der Waals surface area contributed by atoms with Crippen molar-refractivity contribution in [3.05, 3.63) is 59.5 Å². The average molecular weight is 493 g/mol. The summed E-state index contributed by atoms with van der Waals surface area (Å²) in [6.07, 6.45) is 2.98. The minimum absolute atomic E-state index is 0.00145. The summed E-state index contributed by atoms with van der Waals surface area (Å²) in [5, 5.41) is 6.73. The number of ether oxygens (including phenoxy) is 3. The molecule has 0 bridgehead atoms. The molecular formula is C26H28N4O6. The van der Waals surface area contributed by atoms with Crippen LogP contribution in [0.2, 0.25) is 0 Å². The van der Waals surface area contributed by atoms with Gasteiger partial charge in [0, 0.05) is 37.9 Å². The molecule has 0 atom stereocenters. The Morgan fingerprint density at radius 3 is 2.53 bits per heavy atom. The van der Waals surface area contributed by atoms with Gasteiger partial charge in [0.25, 0.3) is 5.91 Å². The molecule has 2 heterocycles. The van der Waals surface area contributed by atoms with Crippen molar-refractivity contribution >= 4 is 11.8 Å². The maximum Gasteiger partial charge on any atom is 0.316 e. The zero-order chi connectivity index (χ0) is 25.1. The number of carbonyl (C=O) groups is 2. The standard InChI is InChI=1S/C26H28N4O6/c1-33-20-14-30(15-20)26(32)17-5-3-16(4-6-17)11-12-27-24(31)25-28-23(29-36-25)18-7-10-21(34-2)22(13-18)35-19-8-9-19/h3-7,10,13,19-20H,8-9,11-12,14-15H2,1-2H3,(H,27,31). The lowest BCUT2D eigenvalue weighted by atomic mass is 10.1. The van der Waals surface area contributed by atoms with E-state index in [1.165, 1.54) is 0 Å². The second kappa shape index (κ2) is 10.4. The Balaban J connectivity index is 1.13. The monoisotopic (exact) mass is 492 g/mol. The van der Waals surface area contributed by atoms with Gasteiger partial charge < -0.3 is 29.0 Å². The predicted molar refractivity (Wildman–Crippen MR) is 129 cm³/mol. The van der Waals surface area contributed by atoms with Gasteiger partial charge in [0.1, 0.15) is 0 Å². The molecule has 2 fully saturated rings. The third kappa shape index (κ3) is 5.33. The summed E-state index contributed by atoms with van der Waals surface area (Å²) in [5.41, 5.74) is 2.30. The number of amides is 2. The van der Waals surface area contributed by atoms with Crippen LogP contribution in [-0.2, 0) is 11.2 Å². The van der Waals surface area contributed by atoms with Crippen molar-refractivity contribution in [3.63, 3.8) is 0 Å². The van der Waals surface area contributed by atoms with E-state index in [1.54, 1.807) is 49.5 Å². The van der Waals surface area contributed by atoms with Gasteiger partial charge in [-0.2, -0.15) is 4.98 Å². The van der Waals surface area contributed by atoms with Gasteiger partial charge in [0.2, 0.25) is 5.82 Å². The molecular weight excluding hydrogens is 464 g/mol. The van der Waals surface area contributed by atoms with Crippen LogP contribution in [0.15, 0.2) is 47.0 Å². The van der Waals surface area contributed by atoms with E-state index in [-0.39, 0.29) is 24.0 Å². The highest BCUT2D eigenvalue weighted by atomic mass is 16.5. The maximum absolute atomic E-state index is 12.5. The first-order valence-corrected chi connectivity index (χ1v) is 11.9. The summed E-state index contributed by atoms with van der Waals surface area (Å²) in [4.78, 5) is 30.9. The summed E-state index contributed by atoms with van der Waals surface area (Å²) in [6.45, 7) is 1.62. The normalized spacial score (nSPS) is 15.3. The summed E-state index contributed by atoms with van der Waals surface area (Å²) in [5.74, 6) is 0.973. The van der Waals surface area contributed by atoms with Crippen molar-refractivity contribution in [2.45, 2.75) is 31.5 Å². The van der Waals surface area contributed by atoms with Crippen LogP contribution in [0.3, 0.4) is 0 Å². The van der Waals surface area contributed by atoms with Crippen molar-refractivity contribution in [1.82, 2.24) is 20.4 Å². The van der Waals surface area contributed by atoms with Crippen LogP contribution >= 0.6 is 0 Å². The van der Waals surface area contributed by atoms with Gasteiger partial charge in [0.05, 0.1) is 19.3 Å². The van der Waals surface area contributed by atoms with Gasteiger partial charge in [-0.15, -0.1) is 0 Å². The van der Waals surface area contributed by atoms with Crippen LogP contribution in [0, 0.1) is 0 Å². The maximum atomic E-state index is 12.5. The fraction of sp³-hybridized carbons (Fsp3) is 0.385. The Labute approximate surface area is 208 Å². The molecule has 188 valence electrons. The number of hydrogen-bond donors (Lipinski definition) is 1. The fourth-order valence-electron chi connectivity index (χ4n) is 3.85. The van der Waals surface area contributed by atoms with E-state index in [0.29, 0.717) is 54.5 Å². The Kier molecular flexibility index (Phi) is 6.86. The third-order valence-electron chi connectivity index (χ3n) is 6.23. The highest BCUT2D eigenvalue weighted by molar-refractivity contribution is 5.94. The number of likely N-dealkylation sites (tertiary alicyclic amines) is 1. The zero-order valence-electron chi connectivity index (χ0n) is 20.2. The number of nitrogens with one attached hydrogen (secondary N) is 1. The number of hydrogen-bond acceptors (Lipinski definition) is 8. The van der Waals surface area contributed by atoms with Crippen molar-refractivity contribution < 1.29 is 28.3 Å². The summed E-state index contributed by atoms with van der Waals surface area (Å²) in [7, 11) is 3.24. The molecule has 1 aliphatic heterocycles. The first kappa shape index (κ1) is 23.8. The van der Waals surface area contributed by atoms with Crippen LogP contribution in [0.25, 0.3) is 11.4 Å². The SMILES string of the molecule is COc1ccc(-c2noc(C(=O)NCCc3ccc(C(=O)N4CC(OC)C4)cc3)n2)cc1OC1CC1. The van der Waals surface area contributed by atoms with Gasteiger partial charge in [-0.25, -0.2) is 0 Å². The van der Waals surface area contributed by atoms with Crippen molar-refractivity contribution in [2.24, 2.45) is 0 Å². The minimum atomic E-state index is -0.450. The molecule has 3 aromatic rings. The first-order valence-electron chi connectivity index (χ1n) is 11.9. The average Bonchev–Trinajstić information content (AvgIpc) is 3.54. The second-order valence-corrected chi connectivity index (χ2v) is 8.88. The highest BCUT2D eigenvalue weighted by Gasteiger charge is 2.31. The molecule has 0 spiro atoms. The van der Waals surface area contributed by atoms with Gasteiger partial charge in [0.15, 0.2) is 11.5 Å². The number of methoxy groups -OCH3 is 2. The summed E-state index contributed by atoms with van der Waals surface area (Å²) in [6, 6.07) is 12.8. The van der Waals surface area contributed by atoms with Gasteiger partial charge in [-0.3, -0.25) is 9.59 Å². The van der Waals surface area contributed by atoms with Crippen LogP contribution in [0.1, 0.15) is 39.4 Å². The first-order chi connectivity index (χ1) is 17.5. The number of nitrogens with zero attached hydrogens (tertiary/aromatic N) is 3. The van der Waals surface area contributed by atoms with E-state index in [1.807, 2.05) is 12.1 Å². The zero-order valence-corrected chi connectivity index (χ0v) is 20.2. The van der Waals surface area contributed by atoms with Crippen molar-refractivity contribution in [2.75, 3.05) is 33.9 Å². The largest absolute Gasteiger partial charge is 0.493 e. The van der Waals surface area contributed by atoms with Crippen molar-refractivity contribution in [1.29, 1.82) is 0 Å². The Morgan fingerprint density at radius 1 is 1.06 bits per heavy atom. The van der Waals surface area contributed by atoms with E-state index >= 15 is 0 Å². The molecule has 0 radical (unpaired) electrons. The molecule has 2 amide bonds. The smallest absolute Gasteiger partial charge is 0.316 e. The quantitative estimate of drug-likeness (QED) is 0.459. The molecule has 1 aliphatic carbocycles. The Hall–Kier alpha value is -3.92. The molecule has 1 aromatic heterocycles. The number of carbonyl (C=O) groups excluding carboxylic acids is 2. The predicted octanol–water partition coefficient (Wildman–Crippen LogP) is 2.73. The molecule has 1 saturated heterocycles. The molecule has 36 heavy (non-hydrogen) atoms. The van der Waals surface area contributed by atoms with E-state index in [4.69, 9.17) is 18.7 Å². The van der Waals surface area contributed by atoms with E-state index < -0.39 is 5.91 Å². The summed E-state index contributed by atoms with van der Waals surface area (Å²) >= 11 is 0. The van der Waals surface area contributed by atoms with E-state index in [0.717, 1.165) is 18.4 Å². The molecule has 0 unspecified atom stereocenters. The van der Waals surface area contributed by atoms with Crippen molar-refractivity contribution in [3.8, 4) is 22.9 Å². The van der Waals surface area contributed by atoms with Gasteiger partial charge in [-0.1, -0.05) is 17.3 Å². The molecule has 5 rings (SSSR count). The molecule has 2 aliphatic rings. The fourth-order valence-corrected chi connectivity index (χ4v) is 3.85. The number of rotatable bonds is 10. The highest BCUT2D eigenvalue weighted by Crippen LogP contribution is 2.36. The molecule has 1 N–H and O–H groups in total. The molecule has 10 heteroatoms. The molecule has 1 saturated carbocycles. The lowest BCUT2D eigenvalue weighted by Gasteiger charge is -2.38. The summed E-state index contributed by atoms with van der Waals surface area (Å²) < 4.78 is 21.6. The topological polar surface area (TPSA) is 116 Å². The number of benzene rings is 2. The van der Waals surface area contributed by atoms with E-state index in [2.05, 4.69) is 15.5 Å².